The zero-order chi connectivity index (χ0) is 25.6. The number of rotatable bonds is 10. The average Bonchev–Trinajstić information content (AvgIpc) is 2.75. The average molecular weight is 569 g/mol. The van der Waals surface area contributed by atoms with Crippen LogP contribution in [0.5, 0.6) is 0 Å². The maximum atomic E-state index is 13.6. The van der Waals surface area contributed by atoms with Crippen molar-refractivity contribution in [1.29, 1.82) is 0 Å². The van der Waals surface area contributed by atoms with Crippen molar-refractivity contribution in [3.63, 3.8) is 0 Å². The van der Waals surface area contributed by atoms with E-state index < -0.39 is 28.5 Å². The summed E-state index contributed by atoms with van der Waals surface area (Å²) in [6.45, 7) is 3.25. The van der Waals surface area contributed by atoms with Gasteiger partial charge in [0.15, 0.2) is 0 Å². The lowest BCUT2D eigenvalue weighted by molar-refractivity contribution is -0.140. The summed E-state index contributed by atoms with van der Waals surface area (Å²) in [6.07, 6.45) is 1.25. The molecule has 0 spiro atoms. The van der Waals surface area contributed by atoms with E-state index in [1.165, 1.54) is 29.2 Å². The molecule has 2 aromatic carbocycles. The molecule has 1 unspecified atom stereocenters. The van der Waals surface area contributed by atoms with Gasteiger partial charge in [0.25, 0.3) is 0 Å². The van der Waals surface area contributed by atoms with Crippen molar-refractivity contribution in [2.24, 2.45) is 0 Å². The summed E-state index contributed by atoms with van der Waals surface area (Å²) in [4.78, 5) is 27.6. The van der Waals surface area contributed by atoms with Crippen LogP contribution in [-0.4, -0.2) is 50.5 Å². The first-order chi connectivity index (χ1) is 15.9. The molecule has 12 heteroatoms. The van der Waals surface area contributed by atoms with Gasteiger partial charge in [-0.25, -0.2) is 8.42 Å². The van der Waals surface area contributed by atoms with Gasteiger partial charge in [0.05, 0.1) is 22.0 Å². The van der Waals surface area contributed by atoms with E-state index in [4.69, 9.17) is 46.4 Å². The molecule has 0 aliphatic heterocycles. The quantitative estimate of drug-likeness (QED) is 0.436. The molecule has 1 N–H and O–H groups in total. The lowest BCUT2D eigenvalue weighted by Crippen LogP contribution is -2.52. The standard InChI is InChI=1S/C22H25Cl4N3O4S/c1-4-18(22(31)27-5-2)28(12-14-9-10-15(23)11-17(14)25)20(30)13-29(34(3,32)33)19-8-6-7-16(24)21(19)26/h6-11,18H,4-5,12-13H2,1-3H3,(H,27,31). The fourth-order valence-corrected chi connectivity index (χ4v) is 5.10. The minimum Gasteiger partial charge on any atom is -0.355 e. The number of anilines is 1. The molecule has 0 bridgehead atoms. The molecule has 186 valence electrons. The first kappa shape index (κ1) is 28.5. The Bertz CT molecular complexity index is 1160. The molecule has 0 heterocycles. The van der Waals surface area contributed by atoms with E-state index in [1.807, 2.05) is 0 Å². The van der Waals surface area contributed by atoms with Gasteiger partial charge in [-0.2, -0.15) is 0 Å². The van der Waals surface area contributed by atoms with Gasteiger partial charge in [0.1, 0.15) is 12.6 Å². The number of hydrogen-bond donors (Lipinski definition) is 1. The second-order valence-electron chi connectivity index (χ2n) is 7.42. The van der Waals surface area contributed by atoms with Crippen LogP contribution in [0.1, 0.15) is 25.8 Å². The van der Waals surface area contributed by atoms with Crippen LogP contribution in [-0.2, 0) is 26.2 Å². The van der Waals surface area contributed by atoms with Gasteiger partial charge >= 0.3 is 0 Å². The number of sulfonamides is 1. The highest BCUT2D eigenvalue weighted by atomic mass is 35.5. The molecule has 1 atom stereocenters. The van der Waals surface area contributed by atoms with Crippen molar-refractivity contribution in [2.45, 2.75) is 32.9 Å². The van der Waals surface area contributed by atoms with Crippen LogP contribution in [0.4, 0.5) is 5.69 Å². The van der Waals surface area contributed by atoms with Crippen molar-refractivity contribution in [2.75, 3.05) is 23.7 Å². The van der Waals surface area contributed by atoms with Crippen molar-refractivity contribution in [3.05, 3.63) is 62.1 Å². The van der Waals surface area contributed by atoms with Crippen molar-refractivity contribution in [3.8, 4) is 0 Å². The first-order valence-corrected chi connectivity index (χ1v) is 13.7. The summed E-state index contributed by atoms with van der Waals surface area (Å²) < 4.78 is 26.1. The molecule has 0 aliphatic carbocycles. The van der Waals surface area contributed by atoms with E-state index in [2.05, 4.69) is 5.32 Å². The molecule has 0 aromatic heterocycles. The normalized spacial score (nSPS) is 12.2. The number of likely N-dealkylation sites (N-methyl/N-ethyl adjacent to an activating group) is 1. The summed E-state index contributed by atoms with van der Waals surface area (Å²) >= 11 is 24.6. The molecule has 0 fully saturated rings. The molecule has 2 aromatic rings. The van der Waals surface area contributed by atoms with Crippen LogP contribution in [0.2, 0.25) is 20.1 Å². The Morgan fingerprint density at radius 3 is 2.26 bits per heavy atom. The molecule has 0 radical (unpaired) electrons. The molecule has 2 amide bonds. The van der Waals surface area contributed by atoms with Gasteiger partial charge in [-0.15, -0.1) is 0 Å². The van der Waals surface area contributed by atoms with Crippen LogP contribution < -0.4 is 9.62 Å². The number of carbonyl (C=O) groups excluding carboxylic acids is 2. The van der Waals surface area contributed by atoms with Crippen LogP contribution in [0.25, 0.3) is 0 Å². The Balaban J connectivity index is 2.51. The minimum atomic E-state index is -3.94. The summed E-state index contributed by atoms with van der Waals surface area (Å²) in [6, 6.07) is 8.42. The fraction of sp³-hybridized carbons (Fsp3) is 0.364. The third-order valence-corrected chi connectivity index (χ3v) is 7.49. The van der Waals surface area contributed by atoms with Crippen LogP contribution in [0, 0.1) is 0 Å². The maximum Gasteiger partial charge on any atom is 0.244 e. The Labute approximate surface area is 220 Å². The van der Waals surface area contributed by atoms with Crippen molar-refractivity contribution >= 4 is 73.9 Å². The van der Waals surface area contributed by atoms with E-state index >= 15 is 0 Å². The number of halogens is 4. The minimum absolute atomic E-state index is 0.00884. The molecule has 0 saturated heterocycles. The van der Waals surface area contributed by atoms with E-state index in [0.717, 1.165) is 10.6 Å². The molecule has 7 nitrogen and oxygen atoms in total. The van der Waals surface area contributed by atoms with Gasteiger partial charge in [-0.3, -0.25) is 13.9 Å². The van der Waals surface area contributed by atoms with Gasteiger partial charge in [-0.05, 0) is 43.2 Å². The van der Waals surface area contributed by atoms with Gasteiger partial charge in [0.2, 0.25) is 21.8 Å². The SMILES string of the molecule is CCNC(=O)C(CC)N(Cc1ccc(Cl)cc1Cl)C(=O)CN(c1cccc(Cl)c1Cl)S(C)(=O)=O. The van der Waals surface area contributed by atoms with Crippen molar-refractivity contribution in [1.82, 2.24) is 10.2 Å². The predicted molar refractivity (Wildman–Crippen MR) is 138 cm³/mol. The summed E-state index contributed by atoms with van der Waals surface area (Å²) in [7, 11) is -3.94. The second kappa shape index (κ2) is 12.3. The number of benzene rings is 2. The van der Waals surface area contributed by atoms with Gasteiger partial charge < -0.3 is 10.2 Å². The molecule has 2 rings (SSSR count). The van der Waals surface area contributed by atoms with Crippen LogP contribution in [0.3, 0.4) is 0 Å². The zero-order valence-corrected chi connectivity index (χ0v) is 22.7. The van der Waals surface area contributed by atoms with E-state index in [1.54, 1.807) is 26.0 Å². The van der Waals surface area contributed by atoms with E-state index in [-0.39, 0.29) is 28.2 Å². The Hall–Kier alpha value is -1.71. The lowest BCUT2D eigenvalue weighted by Gasteiger charge is -2.33. The van der Waals surface area contributed by atoms with E-state index in [9.17, 15) is 18.0 Å². The van der Waals surface area contributed by atoms with Crippen LogP contribution >= 0.6 is 46.4 Å². The zero-order valence-electron chi connectivity index (χ0n) is 18.8. The largest absolute Gasteiger partial charge is 0.355 e. The molecular weight excluding hydrogens is 544 g/mol. The lowest BCUT2D eigenvalue weighted by atomic mass is 10.1. The maximum absolute atomic E-state index is 13.6. The fourth-order valence-electron chi connectivity index (χ4n) is 3.32. The summed E-state index contributed by atoms with van der Waals surface area (Å²) in [5.74, 6) is -0.985. The third-order valence-electron chi connectivity index (χ3n) is 4.97. The number of carbonyl (C=O) groups is 2. The van der Waals surface area contributed by atoms with E-state index in [0.29, 0.717) is 28.6 Å². The highest BCUT2D eigenvalue weighted by Crippen LogP contribution is 2.34. The molecule has 34 heavy (non-hydrogen) atoms. The topological polar surface area (TPSA) is 86.8 Å². The van der Waals surface area contributed by atoms with Gasteiger partial charge in [0, 0.05) is 23.1 Å². The summed E-state index contributed by atoms with van der Waals surface area (Å²) in [5, 5.41) is 3.58. The Kier molecular flexibility index (Phi) is 10.3. The van der Waals surface area contributed by atoms with Gasteiger partial charge in [-0.1, -0.05) is 65.5 Å². The number of amides is 2. The third kappa shape index (κ3) is 7.15. The predicted octanol–water partition coefficient (Wildman–Crippen LogP) is 5.01. The highest BCUT2D eigenvalue weighted by molar-refractivity contribution is 7.92. The summed E-state index contributed by atoms with van der Waals surface area (Å²) in [5.41, 5.74) is 0.606. The Morgan fingerprint density at radius 2 is 1.71 bits per heavy atom. The molecule has 0 saturated carbocycles. The second-order valence-corrected chi connectivity index (χ2v) is 11.0. The highest BCUT2D eigenvalue weighted by Gasteiger charge is 2.32. The Morgan fingerprint density at radius 1 is 1.03 bits per heavy atom. The monoisotopic (exact) mass is 567 g/mol. The smallest absolute Gasteiger partial charge is 0.244 e. The van der Waals surface area contributed by atoms with Crippen molar-refractivity contribution < 1.29 is 18.0 Å². The first-order valence-electron chi connectivity index (χ1n) is 10.3. The number of nitrogens with one attached hydrogen (secondary N) is 1. The molecule has 0 aliphatic rings. The number of nitrogens with zero attached hydrogens (tertiary/aromatic N) is 2. The number of hydrogen-bond acceptors (Lipinski definition) is 4. The molecular formula is C22H25Cl4N3O4S. The van der Waals surface area contributed by atoms with Crippen LogP contribution in [0.15, 0.2) is 36.4 Å².